The molecule has 6 heteroatoms. The van der Waals surface area contributed by atoms with Gasteiger partial charge in [0.2, 0.25) is 0 Å². The van der Waals surface area contributed by atoms with Gasteiger partial charge in [-0.05, 0) is 41.2 Å². The highest BCUT2D eigenvalue weighted by Gasteiger charge is 2.27. The van der Waals surface area contributed by atoms with Gasteiger partial charge in [0.1, 0.15) is 11.9 Å². The number of methoxy groups -OCH3 is 1. The van der Waals surface area contributed by atoms with Crippen LogP contribution in [-0.4, -0.2) is 35.4 Å². The summed E-state index contributed by atoms with van der Waals surface area (Å²) in [5.74, 6) is -0.411. The van der Waals surface area contributed by atoms with Gasteiger partial charge in [0.15, 0.2) is 0 Å². The summed E-state index contributed by atoms with van der Waals surface area (Å²) in [6.45, 7) is 8.72. The number of esters is 1. The Balaban J connectivity index is 2.24. The molecule has 1 N–H and O–H groups in total. The van der Waals surface area contributed by atoms with Crippen molar-refractivity contribution in [1.82, 2.24) is 4.98 Å². The van der Waals surface area contributed by atoms with E-state index in [1.165, 1.54) is 12.1 Å². The smallest absolute Gasteiger partial charge is 0.309 e. The molecule has 0 amide bonds. The van der Waals surface area contributed by atoms with E-state index in [4.69, 9.17) is 14.5 Å². The Labute approximate surface area is 189 Å². The number of aliphatic hydroxyl groups is 1. The van der Waals surface area contributed by atoms with Crippen LogP contribution in [0.15, 0.2) is 30.3 Å². The molecule has 1 fully saturated rings. The minimum absolute atomic E-state index is 0.0189. The number of aromatic nitrogens is 1. The Morgan fingerprint density at radius 3 is 2.41 bits per heavy atom. The number of carbonyl (C=O) groups is 1. The van der Waals surface area contributed by atoms with Crippen LogP contribution >= 0.6 is 0 Å². The molecule has 1 aromatic carbocycles. The van der Waals surface area contributed by atoms with Crippen LogP contribution in [0.1, 0.15) is 74.9 Å². The number of carbonyl (C=O) groups excluding carboxylic acids is 1. The number of aliphatic hydroxyl groups excluding tert-OH is 1. The van der Waals surface area contributed by atoms with E-state index < -0.39 is 18.2 Å². The highest BCUT2D eigenvalue weighted by atomic mass is 19.1. The monoisotopic (exact) mass is 441 g/mol. The summed E-state index contributed by atoms with van der Waals surface area (Å²) in [5, 5.41) is 9.96. The zero-order chi connectivity index (χ0) is 23.4. The van der Waals surface area contributed by atoms with E-state index in [9.17, 15) is 14.3 Å². The molecule has 1 aliphatic rings. The van der Waals surface area contributed by atoms with Crippen LogP contribution in [0.2, 0.25) is 0 Å². The maximum Gasteiger partial charge on any atom is 0.309 e. The first-order valence-electron chi connectivity index (χ1n) is 11.1. The second kappa shape index (κ2) is 10.4. The molecule has 0 saturated carbocycles. The summed E-state index contributed by atoms with van der Waals surface area (Å²) in [4.78, 5) is 16.8. The first-order valence-corrected chi connectivity index (χ1v) is 11.1. The molecule has 172 valence electrons. The van der Waals surface area contributed by atoms with E-state index in [-0.39, 0.29) is 24.1 Å². The molecule has 0 aliphatic carbocycles. The van der Waals surface area contributed by atoms with E-state index in [2.05, 4.69) is 27.7 Å². The fourth-order valence-electron chi connectivity index (χ4n) is 4.13. The Hall–Kier alpha value is -2.57. The second-order valence-corrected chi connectivity index (χ2v) is 8.88. The lowest BCUT2D eigenvalue weighted by Gasteiger charge is -2.25. The minimum atomic E-state index is -0.711. The number of nitrogens with zero attached hydrogens (tertiary/aromatic N) is 1. The fraction of sp³-hybridized carbons (Fsp3) is 0.462. The maximum atomic E-state index is 13.7. The van der Waals surface area contributed by atoms with Crippen molar-refractivity contribution in [3.8, 4) is 11.1 Å². The summed E-state index contributed by atoms with van der Waals surface area (Å²) in [6.07, 6.45) is 2.88. The van der Waals surface area contributed by atoms with Crippen molar-refractivity contribution < 1.29 is 23.8 Å². The van der Waals surface area contributed by atoms with Gasteiger partial charge in [-0.2, -0.15) is 0 Å². The topological polar surface area (TPSA) is 68.7 Å². The molecule has 2 aromatic rings. The second-order valence-electron chi connectivity index (χ2n) is 8.88. The Bertz CT molecular complexity index is 982. The first-order chi connectivity index (χ1) is 15.2. The summed E-state index contributed by atoms with van der Waals surface area (Å²) in [5.41, 5.74) is 5.51. The number of halogens is 1. The standard InChI is InChI=1S/C26H32FNO4/c1-15(2)25-21(11-10-20-12-19(29)13-23(30)32-20)24(17-6-8-18(27)9-7-17)22(14-31-5)26(28-25)16(3)4/h6-11,15-16,19-20,29H,12-14H2,1-5H3/b11-10-/t19-,20-/m1/s1. The molecule has 1 saturated heterocycles. The van der Waals surface area contributed by atoms with E-state index in [0.717, 1.165) is 33.6 Å². The van der Waals surface area contributed by atoms with Crippen molar-refractivity contribution in [3.05, 3.63) is 58.7 Å². The van der Waals surface area contributed by atoms with Crippen LogP contribution < -0.4 is 0 Å². The third-order valence-corrected chi connectivity index (χ3v) is 5.58. The van der Waals surface area contributed by atoms with Gasteiger partial charge in [-0.3, -0.25) is 9.78 Å². The van der Waals surface area contributed by atoms with Gasteiger partial charge < -0.3 is 14.6 Å². The molecule has 0 radical (unpaired) electrons. The lowest BCUT2D eigenvalue weighted by atomic mass is 9.87. The molecule has 1 aliphatic heterocycles. The van der Waals surface area contributed by atoms with E-state index >= 15 is 0 Å². The zero-order valence-electron chi connectivity index (χ0n) is 19.4. The normalized spacial score (nSPS) is 19.2. The van der Waals surface area contributed by atoms with Crippen LogP contribution in [0.5, 0.6) is 0 Å². The molecular formula is C26H32FNO4. The number of rotatable bonds is 7. The van der Waals surface area contributed by atoms with Crippen molar-refractivity contribution in [2.45, 2.75) is 71.2 Å². The molecule has 2 heterocycles. The molecule has 5 nitrogen and oxygen atoms in total. The lowest BCUT2D eigenvalue weighted by molar-refractivity contribution is -0.156. The Morgan fingerprint density at radius 1 is 1.19 bits per heavy atom. The van der Waals surface area contributed by atoms with Gasteiger partial charge in [-0.25, -0.2) is 4.39 Å². The van der Waals surface area contributed by atoms with Crippen molar-refractivity contribution in [2.75, 3.05) is 7.11 Å². The zero-order valence-corrected chi connectivity index (χ0v) is 19.4. The number of hydrogen-bond donors (Lipinski definition) is 1. The summed E-state index contributed by atoms with van der Waals surface area (Å²) >= 11 is 0. The predicted molar refractivity (Wildman–Crippen MR) is 123 cm³/mol. The van der Waals surface area contributed by atoms with Gasteiger partial charge >= 0.3 is 5.97 Å². The van der Waals surface area contributed by atoms with Gasteiger partial charge in [0.25, 0.3) is 0 Å². The number of ether oxygens (including phenoxy) is 2. The first kappa shape index (κ1) is 24.1. The molecule has 0 spiro atoms. The highest BCUT2D eigenvalue weighted by molar-refractivity contribution is 5.80. The summed E-state index contributed by atoms with van der Waals surface area (Å²) in [7, 11) is 1.65. The van der Waals surface area contributed by atoms with Gasteiger partial charge in [0, 0.05) is 30.4 Å². The van der Waals surface area contributed by atoms with Crippen molar-refractivity contribution in [1.29, 1.82) is 0 Å². The molecule has 0 bridgehead atoms. The van der Waals surface area contributed by atoms with Crippen LogP contribution in [0.4, 0.5) is 4.39 Å². The predicted octanol–water partition coefficient (Wildman–Crippen LogP) is 5.36. The van der Waals surface area contributed by atoms with E-state index in [1.807, 2.05) is 12.2 Å². The molecule has 3 rings (SSSR count). The highest BCUT2D eigenvalue weighted by Crippen LogP contribution is 2.38. The third-order valence-electron chi connectivity index (χ3n) is 5.58. The molecular weight excluding hydrogens is 409 g/mol. The van der Waals surface area contributed by atoms with Crippen LogP contribution in [0, 0.1) is 5.82 Å². The molecule has 2 atom stereocenters. The summed E-state index contributed by atoms with van der Waals surface area (Å²) < 4.78 is 24.6. The average molecular weight is 442 g/mol. The van der Waals surface area contributed by atoms with Crippen LogP contribution in [0.25, 0.3) is 17.2 Å². The molecule has 0 unspecified atom stereocenters. The number of pyridine rings is 1. The largest absolute Gasteiger partial charge is 0.458 e. The van der Waals surface area contributed by atoms with Gasteiger partial charge in [-0.15, -0.1) is 0 Å². The van der Waals surface area contributed by atoms with Gasteiger partial charge in [-0.1, -0.05) is 45.9 Å². The van der Waals surface area contributed by atoms with E-state index in [1.54, 1.807) is 19.2 Å². The van der Waals surface area contributed by atoms with Crippen LogP contribution in [0.3, 0.4) is 0 Å². The van der Waals surface area contributed by atoms with Crippen molar-refractivity contribution in [3.63, 3.8) is 0 Å². The lowest BCUT2D eigenvalue weighted by Crippen LogP contribution is -2.31. The Morgan fingerprint density at radius 2 is 1.84 bits per heavy atom. The Kier molecular flexibility index (Phi) is 7.80. The van der Waals surface area contributed by atoms with E-state index in [0.29, 0.717) is 13.0 Å². The number of cyclic esters (lactones) is 1. The van der Waals surface area contributed by atoms with Crippen LogP contribution in [-0.2, 0) is 20.9 Å². The molecule has 32 heavy (non-hydrogen) atoms. The quantitative estimate of drug-likeness (QED) is 0.586. The summed E-state index contributed by atoms with van der Waals surface area (Å²) in [6, 6.07) is 6.42. The third kappa shape index (κ3) is 5.43. The SMILES string of the molecule is COCc1c(C(C)C)nc(C(C)C)c(/C=C\[C@@H]2C[C@@H](O)CC(=O)O2)c1-c1ccc(F)cc1. The maximum absolute atomic E-state index is 13.7. The minimum Gasteiger partial charge on any atom is -0.458 e. The average Bonchev–Trinajstić information content (AvgIpc) is 2.72. The molecule has 1 aromatic heterocycles. The number of benzene rings is 1. The number of hydrogen-bond acceptors (Lipinski definition) is 5. The van der Waals surface area contributed by atoms with Crippen molar-refractivity contribution >= 4 is 12.0 Å². The fourth-order valence-corrected chi connectivity index (χ4v) is 4.13. The van der Waals surface area contributed by atoms with Gasteiger partial charge in [0.05, 0.1) is 24.8 Å². The van der Waals surface area contributed by atoms with Crippen molar-refractivity contribution in [2.24, 2.45) is 0 Å².